The Morgan fingerprint density at radius 3 is 2.52 bits per heavy atom. The average Bonchev–Trinajstić information content (AvgIpc) is 2.57. The third kappa shape index (κ3) is 7.93. The predicted octanol–water partition coefficient (Wildman–Crippen LogP) is 3.20. The van der Waals surface area contributed by atoms with Crippen LogP contribution in [0.5, 0.6) is 0 Å². The van der Waals surface area contributed by atoms with E-state index in [4.69, 9.17) is 9.78 Å². The monoisotopic (exact) mass is 322 g/mol. The lowest BCUT2D eigenvalue weighted by Crippen LogP contribution is -2.23. The van der Waals surface area contributed by atoms with Gasteiger partial charge in [-0.25, -0.2) is 14.6 Å². The second-order valence-corrected chi connectivity index (χ2v) is 5.52. The average molecular weight is 322 g/mol. The highest BCUT2D eigenvalue weighted by molar-refractivity contribution is 5.81. The third-order valence-electron chi connectivity index (χ3n) is 3.52. The van der Waals surface area contributed by atoms with Crippen LogP contribution in [0.3, 0.4) is 0 Å². The Labute approximate surface area is 137 Å². The first kappa shape index (κ1) is 19.4. The first-order valence-corrected chi connectivity index (χ1v) is 7.87. The number of carbonyl (C=O) groups is 1. The second kappa shape index (κ2) is 10.9. The van der Waals surface area contributed by atoms with Gasteiger partial charge in [0.2, 0.25) is 6.29 Å². The molecule has 1 aromatic rings. The molecule has 5 nitrogen and oxygen atoms in total. The molecule has 0 bridgehead atoms. The minimum absolute atomic E-state index is 0.234. The van der Waals surface area contributed by atoms with Gasteiger partial charge in [0, 0.05) is 6.08 Å². The van der Waals surface area contributed by atoms with E-state index in [1.807, 2.05) is 18.2 Å². The van der Waals surface area contributed by atoms with E-state index in [1.54, 1.807) is 0 Å². The fourth-order valence-electron chi connectivity index (χ4n) is 2.30. The van der Waals surface area contributed by atoms with Crippen molar-refractivity contribution in [3.63, 3.8) is 0 Å². The van der Waals surface area contributed by atoms with Gasteiger partial charge >= 0.3 is 5.97 Å². The SMILES string of the molecule is C=CC(=O)OC(O)COOCC(C)CC(CC)c1ccccc1. The van der Waals surface area contributed by atoms with Gasteiger partial charge in [0.1, 0.15) is 6.61 Å². The van der Waals surface area contributed by atoms with E-state index in [9.17, 15) is 9.90 Å². The quantitative estimate of drug-likeness (QED) is 0.169. The van der Waals surface area contributed by atoms with Gasteiger partial charge in [0.05, 0.1) is 6.61 Å². The molecule has 0 saturated carbocycles. The van der Waals surface area contributed by atoms with Crippen molar-refractivity contribution in [3.8, 4) is 0 Å². The molecule has 0 saturated heterocycles. The molecular weight excluding hydrogens is 296 g/mol. The van der Waals surface area contributed by atoms with Crippen LogP contribution >= 0.6 is 0 Å². The zero-order chi connectivity index (χ0) is 17.1. The van der Waals surface area contributed by atoms with Crippen molar-refractivity contribution in [1.82, 2.24) is 0 Å². The smallest absolute Gasteiger partial charge is 0.332 e. The van der Waals surface area contributed by atoms with Gasteiger partial charge in [-0.3, -0.25) is 0 Å². The number of benzene rings is 1. The maximum atomic E-state index is 10.9. The van der Waals surface area contributed by atoms with Crippen molar-refractivity contribution in [1.29, 1.82) is 0 Å². The molecule has 1 aromatic carbocycles. The van der Waals surface area contributed by atoms with Crippen LogP contribution in [0.25, 0.3) is 0 Å². The molecule has 0 aromatic heterocycles. The van der Waals surface area contributed by atoms with Gasteiger partial charge < -0.3 is 9.84 Å². The molecule has 0 amide bonds. The second-order valence-electron chi connectivity index (χ2n) is 5.52. The summed E-state index contributed by atoms with van der Waals surface area (Å²) < 4.78 is 4.54. The Morgan fingerprint density at radius 2 is 1.91 bits per heavy atom. The minimum Gasteiger partial charge on any atom is -0.430 e. The molecule has 0 aliphatic rings. The summed E-state index contributed by atoms with van der Waals surface area (Å²) in [6.45, 7) is 7.67. The van der Waals surface area contributed by atoms with E-state index in [0.717, 1.165) is 18.9 Å². The molecule has 1 N–H and O–H groups in total. The highest BCUT2D eigenvalue weighted by Crippen LogP contribution is 2.26. The van der Waals surface area contributed by atoms with Crippen LogP contribution in [-0.2, 0) is 19.3 Å². The summed E-state index contributed by atoms with van der Waals surface area (Å²) in [6, 6.07) is 10.4. The van der Waals surface area contributed by atoms with Crippen molar-refractivity contribution in [2.24, 2.45) is 5.92 Å². The highest BCUT2D eigenvalue weighted by Gasteiger charge is 2.15. The largest absolute Gasteiger partial charge is 0.430 e. The molecule has 1 rings (SSSR count). The Kier molecular flexibility index (Phi) is 9.21. The number of aliphatic hydroxyl groups is 1. The molecule has 0 fully saturated rings. The number of aliphatic hydroxyl groups excluding tert-OH is 1. The number of hydrogen-bond acceptors (Lipinski definition) is 5. The van der Waals surface area contributed by atoms with Gasteiger partial charge in [-0.15, -0.1) is 0 Å². The number of carbonyl (C=O) groups excluding carboxylic acids is 1. The summed E-state index contributed by atoms with van der Waals surface area (Å²) >= 11 is 0. The molecule has 128 valence electrons. The maximum absolute atomic E-state index is 10.9. The van der Waals surface area contributed by atoms with Crippen LogP contribution < -0.4 is 0 Å². The number of ether oxygens (including phenoxy) is 1. The van der Waals surface area contributed by atoms with E-state index in [1.165, 1.54) is 5.56 Å². The van der Waals surface area contributed by atoms with E-state index in [2.05, 4.69) is 37.3 Å². The van der Waals surface area contributed by atoms with E-state index in [0.29, 0.717) is 18.4 Å². The zero-order valence-electron chi connectivity index (χ0n) is 13.8. The zero-order valence-corrected chi connectivity index (χ0v) is 13.8. The van der Waals surface area contributed by atoms with E-state index >= 15 is 0 Å². The van der Waals surface area contributed by atoms with Crippen LogP contribution in [0, 0.1) is 5.92 Å². The highest BCUT2D eigenvalue weighted by atomic mass is 17.2. The Hall–Kier alpha value is -1.69. The van der Waals surface area contributed by atoms with Gasteiger partial charge in [-0.05, 0) is 30.2 Å². The summed E-state index contributed by atoms with van der Waals surface area (Å²) in [6.07, 6.45) is 1.66. The standard InChI is InChI=1S/C18H26O5/c1-4-15(16-9-7-6-8-10-16)11-14(3)12-21-22-13-18(20)23-17(19)5-2/h5-10,14-15,18,20H,2,4,11-13H2,1,3H3. The Morgan fingerprint density at radius 1 is 1.26 bits per heavy atom. The molecule has 5 heteroatoms. The van der Waals surface area contributed by atoms with Crippen molar-refractivity contribution in [2.45, 2.75) is 38.9 Å². The van der Waals surface area contributed by atoms with Gasteiger partial charge in [0.15, 0.2) is 0 Å². The fourth-order valence-corrected chi connectivity index (χ4v) is 2.30. The lowest BCUT2D eigenvalue weighted by atomic mass is 9.88. The Balaban J connectivity index is 2.24. The van der Waals surface area contributed by atoms with Gasteiger partial charge in [-0.1, -0.05) is 50.8 Å². The minimum atomic E-state index is -1.36. The first-order valence-electron chi connectivity index (χ1n) is 7.87. The summed E-state index contributed by atoms with van der Waals surface area (Å²) in [4.78, 5) is 20.8. The summed E-state index contributed by atoms with van der Waals surface area (Å²) in [5, 5.41) is 9.35. The molecule has 3 unspecified atom stereocenters. The van der Waals surface area contributed by atoms with Crippen molar-refractivity contribution in [3.05, 3.63) is 48.6 Å². The molecular formula is C18H26O5. The van der Waals surface area contributed by atoms with Crippen LogP contribution in [0.4, 0.5) is 0 Å². The van der Waals surface area contributed by atoms with Crippen LogP contribution in [-0.4, -0.2) is 30.6 Å². The van der Waals surface area contributed by atoms with E-state index in [-0.39, 0.29) is 6.61 Å². The van der Waals surface area contributed by atoms with Crippen molar-refractivity contribution >= 4 is 5.97 Å². The topological polar surface area (TPSA) is 65.0 Å². The van der Waals surface area contributed by atoms with Gasteiger partial charge in [-0.2, -0.15) is 0 Å². The van der Waals surface area contributed by atoms with Crippen molar-refractivity contribution < 1.29 is 24.4 Å². The Bertz CT molecular complexity index is 460. The number of rotatable bonds is 11. The third-order valence-corrected chi connectivity index (χ3v) is 3.52. The van der Waals surface area contributed by atoms with E-state index < -0.39 is 12.3 Å². The molecule has 0 radical (unpaired) electrons. The van der Waals surface area contributed by atoms with Crippen molar-refractivity contribution in [2.75, 3.05) is 13.2 Å². The van der Waals surface area contributed by atoms with Crippen LogP contribution in [0.2, 0.25) is 0 Å². The molecule has 3 atom stereocenters. The number of esters is 1. The first-order chi connectivity index (χ1) is 11.1. The summed E-state index contributed by atoms with van der Waals surface area (Å²) in [5.74, 6) is 0.0741. The summed E-state index contributed by atoms with van der Waals surface area (Å²) in [7, 11) is 0. The maximum Gasteiger partial charge on any atom is 0.332 e. The van der Waals surface area contributed by atoms with Crippen LogP contribution in [0.15, 0.2) is 43.0 Å². The fraction of sp³-hybridized carbons (Fsp3) is 0.500. The predicted molar refractivity (Wildman–Crippen MR) is 87.5 cm³/mol. The summed E-state index contributed by atoms with van der Waals surface area (Å²) in [5.41, 5.74) is 1.33. The normalized spacial score (nSPS) is 14.7. The molecule has 23 heavy (non-hydrogen) atoms. The molecule has 0 spiro atoms. The van der Waals surface area contributed by atoms with Crippen LogP contribution in [0.1, 0.15) is 38.2 Å². The molecule has 0 aliphatic heterocycles. The lowest BCUT2D eigenvalue weighted by molar-refractivity contribution is -0.325. The molecule has 0 heterocycles. The lowest BCUT2D eigenvalue weighted by Gasteiger charge is -2.20. The number of hydrogen-bond donors (Lipinski definition) is 1. The molecule has 0 aliphatic carbocycles. The van der Waals surface area contributed by atoms with Gasteiger partial charge in [0.25, 0.3) is 0 Å².